The largest absolute Gasteiger partial charge is 0.496 e. The second-order valence-electron chi connectivity index (χ2n) is 13.8. The fourth-order valence-corrected chi connectivity index (χ4v) is 8.36. The van der Waals surface area contributed by atoms with Gasteiger partial charge in [-0.05, 0) is 68.9 Å². The van der Waals surface area contributed by atoms with E-state index in [9.17, 15) is 19.5 Å². The van der Waals surface area contributed by atoms with Gasteiger partial charge in [0, 0.05) is 48.3 Å². The van der Waals surface area contributed by atoms with E-state index < -0.39 is 29.3 Å². The first-order chi connectivity index (χ1) is 22.6. The number of carbonyl (C=O) groups excluding carboxylic acids is 2. The number of carbonyl (C=O) groups is 3. The number of hydrogen-bond donors (Lipinski definition) is 1. The lowest BCUT2D eigenvalue weighted by Crippen LogP contribution is -2.38. The van der Waals surface area contributed by atoms with Gasteiger partial charge in [0.1, 0.15) is 34.1 Å². The molecule has 1 aliphatic heterocycles. The smallest absolute Gasteiger partial charge is 0.310 e. The van der Waals surface area contributed by atoms with Crippen LogP contribution in [0.4, 0.5) is 0 Å². The summed E-state index contributed by atoms with van der Waals surface area (Å²) in [6, 6.07) is 5.80. The van der Waals surface area contributed by atoms with Gasteiger partial charge in [-0.3, -0.25) is 14.4 Å². The number of amides is 1. The van der Waals surface area contributed by atoms with E-state index >= 15 is 0 Å². The maximum Gasteiger partial charge on any atom is 0.310 e. The summed E-state index contributed by atoms with van der Waals surface area (Å²) in [6.07, 6.45) is 8.04. The molecule has 0 unspecified atom stereocenters. The Labute approximate surface area is 280 Å². The molecule has 0 saturated heterocycles. The topological polar surface area (TPSA) is 119 Å². The van der Waals surface area contributed by atoms with Crippen molar-refractivity contribution in [1.29, 1.82) is 0 Å². The number of benzene rings is 1. The summed E-state index contributed by atoms with van der Waals surface area (Å²) in [4.78, 5) is 51.9. The molecule has 0 radical (unpaired) electrons. The van der Waals surface area contributed by atoms with E-state index in [2.05, 4.69) is 26.2 Å². The Bertz CT molecular complexity index is 1720. The fourth-order valence-electron chi connectivity index (χ4n) is 7.42. The predicted molar refractivity (Wildman–Crippen MR) is 182 cm³/mol. The van der Waals surface area contributed by atoms with Gasteiger partial charge in [-0.1, -0.05) is 32.9 Å². The third-order valence-corrected chi connectivity index (χ3v) is 11.2. The highest BCUT2D eigenvalue weighted by molar-refractivity contribution is 7.13. The number of pyridine rings is 1. The Balaban J connectivity index is 1.36. The maximum atomic E-state index is 14.0. The highest BCUT2D eigenvalue weighted by Crippen LogP contribution is 2.57. The number of hydrogen-bond acceptors (Lipinski definition) is 8. The summed E-state index contributed by atoms with van der Waals surface area (Å²) in [5.74, 6) is -0.810. The lowest BCUT2D eigenvalue weighted by atomic mass is 9.84. The number of methoxy groups -OCH3 is 1. The van der Waals surface area contributed by atoms with E-state index in [1.807, 2.05) is 30.4 Å². The van der Waals surface area contributed by atoms with Crippen LogP contribution in [-0.4, -0.2) is 64.4 Å². The molecule has 3 aliphatic rings. The monoisotopic (exact) mass is 659 g/mol. The predicted octanol–water partition coefficient (Wildman–Crippen LogP) is 7.07. The lowest BCUT2D eigenvalue weighted by Gasteiger charge is -2.25. The van der Waals surface area contributed by atoms with Gasteiger partial charge in [-0.2, -0.15) is 0 Å². The van der Waals surface area contributed by atoms with Crippen LogP contribution in [0.2, 0.25) is 0 Å². The van der Waals surface area contributed by atoms with Crippen molar-refractivity contribution in [3.05, 3.63) is 47.0 Å². The molecule has 0 bridgehead atoms. The molecule has 3 heterocycles. The molecule has 6 rings (SSSR count). The number of aryl methyl sites for hydroxylation is 1. The first-order valence-electron chi connectivity index (χ1n) is 16.9. The summed E-state index contributed by atoms with van der Waals surface area (Å²) >= 11 is 1.54. The zero-order chi connectivity index (χ0) is 33.5. The van der Waals surface area contributed by atoms with Crippen molar-refractivity contribution in [3.8, 4) is 22.2 Å². The zero-order valence-electron chi connectivity index (χ0n) is 28.0. The van der Waals surface area contributed by atoms with Crippen molar-refractivity contribution in [3.63, 3.8) is 0 Å². The van der Waals surface area contributed by atoms with Crippen LogP contribution in [0.5, 0.6) is 11.5 Å². The molecule has 5 atom stereocenters. The molecule has 2 fully saturated rings. The number of aliphatic carboxylic acids is 1. The Hall–Kier alpha value is -3.79. The molecule has 250 valence electrons. The van der Waals surface area contributed by atoms with Crippen molar-refractivity contribution < 1.29 is 29.0 Å². The van der Waals surface area contributed by atoms with E-state index in [1.54, 1.807) is 30.4 Å². The number of thiazole rings is 1. The number of carboxylic acids is 1. The molecule has 2 aliphatic carbocycles. The Morgan fingerprint density at radius 1 is 1.15 bits per heavy atom. The SMILES string of the molecule is CCc1c(OC)ccc2c(O[C@@H]3C[C@H]4C(=O)C[C@]5(C(=O)O)C[C@@H]5/C=C\CCCCN(C)C(=O)[C@@H]4C3)cc(-c3nc(C(C)C)cs3)nc12. The summed E-state index contributed by atoms with van der Waals surface area (Å²) in [7, 11) is 3.46. The van der Waals surface area contributed by atoms with Crippen LogP contribution in [-0.2, 0) is 20.8 Å². The molecule has 10 heteroatoms. The second-order valence-corrected chi connectivity index (χ2v) is 14.6. The number of ketones is 1. The summed E-state index contributed by atoms with van der Waals surface area (Å²) in [5.41, 5.74) is 2.37. The van der Waals surface area contributed by atoms with Gasteiger partial charge < -0.3 is 19.5 Å². The van der Waals surface area contributed by atoms with Gasteiger partial charge >= 0.3 is 5.97 Å². The molecule has 3 aromatic rings. The molecule has 1 amide bonds. The van der Waals surface area contributed by atoms with Gasteiger partial charge in [0.2, 0.25) is 5.91 Å². The highest BCUT2D eigenvalue weighted by atomic mass is 32.1. The minimum atomic E-state index is -1.08. The second kappa shape index (κ2) is 13.4. The van der Waals surface area contributed by atoms with Crippen LogP contribution in [0.1, 0.15) is 82.9 Å². The fraction of sp³-hybridized carbons (Fsp3) is 0.541. The van der Waals surface area contributed by atoms with Crippen molar-refractivity contribution >= 4 is 39.9 Å². The van der Waals surface area contributed by atoms with E-state index in [4.69, 9.17) is 19.4 Å². The highest BCUT2D eigenvalue weighted by Gasteiger charge is 2.61. The quantitative estimate of drug-likeness (QED) is 0.268. The van der Waals surface area contributed by atoms with E-state index in [-0.39, 0.29) is 29.9 Å². The molecular formula is C37H45N3O6S. The molecular weight excluding hydrogens is 614 g/mol. The van der Waals surface area contributed by atoms with Gasteiger partial charge in [-0.15, -0.1) is 11.3 Å². The van der Waals surface area contributed by atoms with Gasteiger partial charge in [-0.25, -0.2) is 9.97 Å². The van der Waals surface area contributed by atoms with Crippen LogP contribution in [0, 0.1) is 23.2 Å². The van der Waals surface area contributed by atoms with Crippen molar-refractivity contribution in [2.24, 2.45) is 23.2 Å². The van der Waals surface area contributed by atoms with Crippen molar-refractivity contribution in [2.45, 2.75) is 84.2 Å². The minimum Gasteiger partial charge on any atom is -0.496 e. The summed E-state index contributed by atoms with van der Waals surface area (Å²) < 4.78 is 12.5. The van der Waals surface area contributed by atoms with E-state index in [1.165, 1.54) is 0 Å². The summed E-state index contributed by atoms with van der Waals surface area (Å²) in [6.45, 7) is 6.90. The minimum absolute atomic E-state index is 0.0631. The molecule has 2 saturated carbocycles. The van der Waals surface area contributed by atoms with Crippen molar-refractivity contribution in [1.82, 2.24) is 14.9 Å². The Morgan fingerprint density at radius 3 is 2.64 bits per heavy atom. The molecule has 47 heavy (non-hydrogen) atoms. The van der Waals surface area contributed by atoms with Crippen molar-refractivity contribution in [2.75, 3.05) is 20.7 Å². The van der Waals surface area contributed by atoms with E-state index in [0.29, 0.717) is 43.7 Å². The number of ether oxygens (including phenoxy) is 2. The average molecular weight is 660 g/mol. The molecule has 1 aromatic carbocycles. The lowest BCUT2D eigenvalue weighted by molar-refractivity contribution is -0.147. The number of Topliss-reactive ketones (excluding diaryl/α,β-unsaturated/α-hetero) is 1. The van der Waals surface area contributed by atoms with Crippen LogP contribution >= 0.6 is 11.3 Å². The average Bonchev–Trinajstić information content (AvgIpc) is 3.36. The standard InChI is InChI=1S/C37H45N3O6S/c1-6-24-31(45-5)13-12-25-32(17-28(38-33(24)25)34-39-29(20-47-34)21(2)3)46-23-15-26-27(16-23)35(42)40(4)14-10-8-7-9-11-22-18-37(22,36(43)44)19-30(26)41/h9,11-13,17,20-23,26-27H,6-8,10,14-16,18-19H2,1-5H3,(H,43,44)/b11-9-/t22-,23+,26+,27+,37+/m0/s1. The van der Waals surface area contributed by atoms with E-state index in [0.717, 1.165) is 52.2 Å². The molecule has 2 aromatic heterocycles. The molecule has 9 nitrogen and oxygen atoms in total. The summed E-state index contributed by atoms with van der Waals surface area (Å²) in [5, 5.41) is 13.9. The van der Waals surface area contributed by atoms with Crippen LogP contribution in [0.15, 0.2) is 35.7 Å². The Kier molecular flexibility index (Phi) is 9.43. The molecule has 0 spiro atoms. The number of rotatable bonds is 7. The number of fused-ring (bicyclic) bond motifs is 3. The number of aromatic nitrogens is 2. The molecule has 1 N–H and O–H groups in total. The number of nitrogens with zero attached hydrogens (tertiary/aromatic N) is 3. The maximum absolute atomic E-state index is 14.0. The number of carboxylic acid groups (broad SMARTS) is 1. The van der Waals surface area contributed by atoms with Crippen LogP contribution < -0.4 is 9.47 Å². The third-order valence-electron chi connectivity index (χ3n) is 10.4. The van der Waals surface area contributed by atoms with Gasteiger partial charge in [0.15, 0.2) is 0 Å². The van der Waals surface area contributed by atoms with Gasteiger partial charge in [0.05, 0.1) is 29.7 Å². The zero-order valence-corrected chi connectivity index (χ0v) is 28.8. The van der Waals surface area contributed by atoms with Crippen LogP contribution in [0.25, 0.3) is 21.6 Å². The van der Waals surface area contributed by atoms with Crippen LogP contribution in [0.3, 0.4) is 0 Å². The van der Waals surface area contributed by atoms with Gasteiger partial charge in [0.25, 0.3) is 0 Å². The normalized spacial score (nSPS) is 27.3. The first-order valence-corrected chi connectivity index (χ1v) is 17.7. The number of allylic oxidation sites excluding steroid dienone is 2. The first kappa shape index (κ1) is 33.1. The Morgan fingerprint density at radius 2 is 1.94 bits per heavy atom. The third kappa shape index (κ3) is 6.41.